The highest BCUT2D eigenvalue weighted by Gasteiger charge is 2.53. The Balaban J connectivity index is 1.61. The molecular formula is C13H22N2. The van der Waals surface area contributed by atoms with E-state index in [0.717, 1.165) is 17.9 Å². The van der Waals surface area contributed by atoms with Gasteiger partial charge in [0.15, 0.2) is 0 Å². The minimum absolute atomic E-state index is 0.554. The number of fused-ring (bicyclic) bond motifs is 4. The van der Waals surface area contributed by atoms with Crippen LogP contribution in [-0.2, 0) is 0 Å². The Morgan fingerprint density at radius 1 is 1.13 bits per heavy atom. The van der Waals surface area contributed by atoms with Gasteiger partial charge >= 0.3 is 0 Å². The van der Waals surface area contributed by atoms with Gasteiger partial charge in [-0.1, -0.05) is 0 Å². The van der Waals surface area contributed by atoms with Gasteiger partial charge in [-0.25, -0.2) is 0 Å². The third-order valence-corrected chi connectivity index (χ3v) is 5.63. The lowest BCUT2D eigenvalue weighted by atomic mass is 9.80. The number of nitrogens with one attached hydrogen (secondary N) is 1. The molecule has 2 nitrogen and oxygen atoms in total. The van der Waals surface area contributed by atoms with Gasteiger partial charge < -0.3 is 5.32 Å². The van der Waals surface area contributed by atoms with Gasteiger partial charge in [0.05, 0.1) is 0 Å². The molecule has 3 saturated heterocycles. The summed E-state index contributed by atoms with van der Waals surface area (Å²) in [5.41, 5.74) is 0.554. The van der Waals surface area contributed by atoms with Crippen LogP contribution in [0.4, 0.5) is 0 Å². The summed E-state index contributed by atoms with van der Waals surface area (Å²) in [6.45, 7) is 4.10. The Hall–Kier alpha value is -0.0800. The molecule has 3 heterocycles. The Labute approximate surface area is 92.4 Å². The quantitative estimate of drug-likeness (QED) is 0.701. The molecular weight excluding hydrogens is 184 g/mol. The first-order valence-electron chi connectivity index (χ1n) is 6.85. The fourth-order valence-corrected chi connectivity index (χ4v) is 4.91. The first-order valence-corrected chi connectivity index (χ1v) is 6.85. The molecule has 0 aromatic rings. The summed E-state index contributed by atoms with van der Waals surface area (Å²) in [5.74, 6) is 2.11. The maximum absolute atomic E-state index is 3.91. The predicted molar refractivity (Wildman–Crippen MR) is 60.8 cm³/mol. The molecule has 4 aliphatic rings. The van der Waals surface area contributed by atoms with Crippen LogP contribution < -0.4 is 5.32 Å². The molecule has 1 N–H and O–H groups in total. The van der Waals surface area contributed by atoms with E-state index < -0.39 is 0 Å². The molecule has 0 aromatic carbocycles. The molecule has 15 heavy (non-hydrogen) atoms. The summed E-state index contributed by atoms with van der Waals surface area (Å²) in [7, 11) is 0. The van der Waals surface area contributed by atoms with Gasteiger partial charge in [-0.15, -0.1) is 0 Å². The molecule has 4 bridgehead atoms. The summed E-state index contributed by atoms with van der Waals surface area (Å²) < 4.78 is 0. The topological polar surface area (TPSA) is 15.3 Å². The fourth-order valence-electron chi connectivity index (χ4n) is 4.91. The number of hydrogen-bond donors (Lipinski definition) is 1. The molecule has 84 valence electrons. The van der Waals surface area contributed by atoms with Gasteiger partial charge in [0.25, 0.3) is 0 Å². The number of piperidine rings is 2. The van der Waals surface area contributed by atoms with E-state index in [-0.39, 0.29) is 0 Å². The van der Waals surface area contributed by atoms with Gasteiger partial charge in [-0.3, -0.25) is 4.90 Å². The zero-order valence-corrected chi connectivity index (χ0v) is 9.54. The molecule has 0 radical (unpaired) electrons. The van der Waals surface area contributed by atoms with E-state index in [1.807, 2.05) is 0 Å². The monoisotopic (exact) mass is 206 g/mol. The van der Waals surface area contributed by atoms with Crippen LogP contribution in [-0.4, -0.2) is 36.1 Å². The van der Waals surface area contributed by atoms with Crippen LogP contribution in [0.1, 0.15) is 38.5 Å². The van der Waals surface area contributed by atoms with Crippen LogP contribution in [0.15, 0.2) is 0 Å². The van der Waals surface area contributed by atoms with E-state index in [1.54, 1.807) is 0 Å². The number of nitrogens with zero attached hydrogens (tertiary/aromatic N) is 1. The van der Waals surface area contributed by atoms with E-state index in [4.69, 9.17) is 0 Å². The maximum Gasteiger partial charge on any atom is 0.0340 e. The lowest BCUT2D eigenvalue weighted by Crippen LogP contribution is -2.59. The zero-order valence-electron chi connectivity index (χ0n) is 9.54. The fraction of sp³-hybridized carbons (Fsp3) is 1.00. The minimum atomic E-state index is 0.554. The third kappa shape index (κ3) is 1.18. The van der Waals surface area contributed by atoms with Gasteiger partial charge in [-0.05, 0) is 63.5 Å². The lowest BCUT2D eigenvalue weighted by molar-refractivity contribution is 0.113. The first-order chi connectivity index (χ1) is 7.36. The predicted octanol–water partition coefficient (Wildman–Crippen LogP) is 1.61. The average molecular weight is 206 g/mol. The standard InChI is InChI=1S/C13H22N2/c1-4-13(8-10(1)2-5-14-13)12-7-11-3-6-15(12)9-11/h10-12,14H,1-9H2. The molecule has 1 aliphatic carbocycles. The SMILES string of the molecule is C1CC2CCC(C3CC4CCN3C4)(C2)N1. The summed E-state index contributed by atoms with van der Waals surface area (Å²) in [4.78, 5) is 2.80. The van der Waals surface area contributed by atoms with Crippen molar-refractivity contribution >= 4 is 0 Å². The van der Waals surface area contributed by atoms with Crippen molar-refractivity contribution in [3.63, 3.8) is 0 Å². The lowest BCUT2D eigenvalue weighted by Gasteiger charge is -2.44. The summed E-state index contributed by atoms with van der Waals surface area (Å²) in [6.07, 6.45) is 8.88. The van der Waals surface area contributed by atoms with Crippen LogP contribution in [0.5, 0.6) is 0 Å². The van der Waals surface area contributed by atoms with Crippen molar-refractivity contribution in [2.75, 3.05) is 19.6 Å². The Bertz CT molecular complexity index is 274. The second kappa shape index (κ2) is 2.98. The molecule has 0 amide bonds. The van der Waals surface area contributed by atoms with Crippen LogP contribution in [0, 0.1) is 11.8 Å². The smallest absolute Gasteiger partial charge is 0.0340 e. The van der Waals surface area contributed by atoms with Crippen LogP contribution in [0.3, 0.4) is 0 Å². The normalized spacial score (nSPS) is 57.6. The van der Waals surface area contributed by atoms with Gasteiger partial charge in [0, 0.05) is 18.1 Å². The minimum Gasteiger partial charge on any atom is -0.310 e. The van der Waals surface area contributed by atoms with E-state index in [0.29, 0.717) is 5.54 Å². The Morgan fingerprint density at radius 3 is 2.93 bits per heavy atom. The van der Waals surface area contributed by atoms with E-state index in [9.17, 15) is 0 Å². The number of hydrogen-bond acceptors (Lipinski definition) is 2. The second-order valence-corrected chi connectivity index (χ2v) is 6.38. The van der Waals surface area contributed by atoms with Crippen LogP contribution >= 0.6 is 0 Å². The van der Waals surface area contributed by atoms with Crippen molar-refractivity contribution in [1.29, 1.82) is 0 Å². The highest BCUT2D eigenvalue weighted by atomic mass is 15.3. The molecule has 3 aliphatic heterocycles. The number of rotatable bonds is 1. The van der Waals surface area contributed by atoms with Crippen molar-refractivity contribution in [1.82, 2.24) is 10.2 Å². The van der Waals surface area contributed by atoms with Crippen LogP contribution in [0.25, 0.3) is 0 Å². The van der Waals surface area contributed by atoms with Gasteiger partial charge in [0.2, 0.25) is 0 Å². The van der Waals surface area contributed by atoms with E-state index >= 15 is 0 Å². The molecule has 4 rings (SSSR count). The molecule has 4 fully saturated rings. The highest BCUT2D eigenvalue weighted by Crippen LogP contribution is 2.48. The first kappa shape index (κ1) is 9.00. The molecule has 5 unspecified atom stereocenters. The Kier molecular flexibility index (Phi) is 1.79. The van der Waals surface area contributed by atoms with Crippen molar-refractivity contribution in [2.24, 2.45) is 11.8 Å². The summed E-state index contributed by atoms with van der Waals surface area (Å²) in [6, 6.07) is 0.904. The molecule has 0 spiro atoms. The third-order valence-electron chi connectivity index (χ3n) is 5.63. The maximum atomic E-state index is 3.91. The highest BCUT2D eigenvalue weighted by molar-refractivity contribution is 5.11. The van der Waals surface area contributed by atoms with E-state index in [1.165, 1.54) is 58.2 Å². The Morgan fingerprint density at radius 2 is 2.13 bits per heavy atom. The van der Waals surface area contributed by atoms with Crippen molar-refractivity contribution in [3.8, 4) is 0 Å². The largest absolute Gasteiger partial charge is 0.310 e. The van der Waals surface area contributed by atoms with E-state index in [2.05, 4.69) is 10.2 Å². The van der Waals surface area contributed by atoms with Crippen molar-refractivity contribution in [3.05, 3.63) is 0 Å². The molecule has 5 atom stereocenters. The molecule has 1 saturated carbocycles. The summed E-state index contributed by atoms with van der Waals surface area (Å²) >= 11 is 0. The zero-order chi connectivity index (χ0) is 9.88. The molecule has 2 heteroatoms. The van der Waals surface area contributed by atoms with Gasteiger partial charge in [0.1, 0.15) is 0 Å². The second-order valence-electron chi connectivity index (χ2n) is 6.38. The van der Waals surface area contributed by atoms with Crippen molar-refractivity contribution < 1.29 is 0 Å². The summed E-state index contributed by atoms with van der Waals surface area (Å²) in [5, 5.41) is 3.91. The van der Waals surface area contributed by atoms with Crippen LogP contribution in [0.2, 0.25) is 0 Å². The van der Waals surface area contributed by atoms with Gasteiger partial charge in [-0.2, -0.15) is 0 Å². The average Bonchev–Trinajstić information content (AvgIpc) is 2.94. The van der Waals surface area contributed by atoms with Crippen molar-refractivity contribution in [2.45, 2.75) is 50.1 Å². The molecule has 0 aromatic heterocycles.